The number of carbonyl (C=O) groups excluding carboxylic acids is 3. The van der Waals surface area contributed by atoms with Gasteiger partial charge in [0.25, 0.3) is 0 Å². The highest BCUT2D eigenvalue weighted by Gasteiger charge is 2.21. The lowest BCUT2D eigenvalue weighted by molar-refractivity contribution is 0.0624. The number of hydrogen-bond donors (Lipinski definition) is 8. The standard InChI is InChI=1S/C21H22FN3O3.C18H20FNO3.C13H12FNO.C11H15NO3.C7H6BrF.C6H7NO/c1-21(2,3)18-12-19(25-28-18)24-20(26)23-15-8-10-16(11-9-15)27-13-14-6-4-5-7-17(14)22;1-18(2,3)23-17(21)20-14-8-10-15(11-9-14)22-12-13-6-4-5-7-16(13)19;14-13-4-2-1-3-10(13)9-16-12-7-5-11(15)6-8-12;1-11(2,3)15-10(14)12-8-4-6-9(13)7-5-8;8-5-6-3-1-2-4-7(6)9;7-5-1-3-6(8)4-2-5/h4-12H,13H2,1-3H3,(H2,23,24,25,26);4-11H,12H2,1-3H3,(H,20,21);1-8H,9,15H2;4-7,13H,1-3H3,(H,12,14);1-4H,5H2;1-4,8H,7H2. The number of nitrogen functional groups attached to an aromatic ring is 2. The molecule has 0 spiro atoms. The van der Waals surface area contributed by atoms with Crippen molar-refractivity contribution in [1.82, 2.24) is 5.16 Å². The van der Waals surface area contributed by atoms with E-state index >= 15 is 0 Å². The van der Waals surface area contributed by atoms with Crippen LogP contribution >= 0.6 is 15.9 Å². The van der Waals surface area contributed by atoms with E-state index in [1.165, 1.54) is 36.4 Å². The lowest BCUT2D eigenvalue weighted by Gasteiger charge is -2.19. The zero-order chi connectivity index (χ0) is 72.5. The third-order valence-corrected chi connectivity index (χ3v) is 13.2. The van der Waals surface area contributed by atoms with Crippen LogP contribution in [0.5, 0.6) is 28.7 Å². The first-order chi connectivity index (χ1) is 46.9. The number of hydrogen-bond acceptors (Lipinski definition) is 14. The van der Waals surface area contributed by atoms with Crippen LogP contribution in [0.2, 0.25) is 0 Å². The number of rotatable bonds is 14. The molecule has 99 heavy (non-hydrogen) atoms. The van der Waals surface area contributed by atoms with Gasteiger partial charge in [-0.15, -0.1) is 0 Å². The SMILES string of the molecule is CC(C)(C)OC(=O)Nc1ccc(O)cc1.CC(C)(C)OC(=O)Nc1ccc(OCc2ccccc2F)cc1.CC(C)(C)c1cc(NC(=O)Nc2ccc(OCc3ccccc3F)cc2)no1.Fc1ccccc1CBr.Nc1ccc(O)cc1.Nc1ccc(OCc2ccccc2F)cc1. The first-order valence-electron chi connectivity index (χ1n) is 30.7. The molecule has 0 radical (unpaired) electrons. The predicted molar refractivity (Wildman–Crippen MR) is 383 cm³/mol. The van der Waals surface area contributed by atoms with Crippen molar-refractivity contribution in [3.63, 3.8) is 0 Å². The largest absolute Gasteiger partial charge is 0.508 e. The number of phenols is 2. The summed E-state index contributed by atoms with van der Waals surface area (Å²) >= 11 is 3.17. The maximum Gasteiger partial charge on any atom is 0.412 e. The van der Waals surface area contributed by atoms with Gasteiger partial charge in [-0.1, -0.05) is 115 Å². The number of nitrogens with one attached hydrogen (secondary N) is 4. The maximum atomic E-state index is 13.6. The van der Waals surface area contributed by atoms with Crippen molar-refractivity contribution >= 4 is 68.4 Å². The number of halogens is 5. The molecule has 1 heterocycles. The number of amides is 4. The van der Waals surface area contributed by atoms with Gasteiger partial charge in [0.15, 0.2) is 5.82 Å². The summed E-state index contributed by atoms with van der Waals surface area (Å²) < 4.78 is 84.9. The molecule has 522 valence electrons. The van der Waals surface area contributed by atoms with E-state index in [0.29, 0.717) is 84.8 Å². The maximum absolute atomic E-state index is 13.6. The average molecular weight is 1430 g/mol. The number of nitrogens with zero attached hydrogens (tertiary/aromatic N) is 1. The Morgan fingerprint density at radius 2 is 0.737 bits per heavy atom. The van der Waals surface area contributed by atoms with Gasteiger partial charge >= 0.3 is 18.2 Å². The summed E-state index contributed by atoms with van der Waals surface area (Å²) in [6, 6.07) is 60.6. The Balaban J connectivity index is 0.000000225. The summed E-state index contributed by atoms with van der Waals surface area (Å²) in [6.07, 6.45) is -1.02. The highest BCUT2D eigenvalue weighted by molar-refractivity contribution is 9.08. The van der Waals surface area contributed by atoms with E-state index in [1.807, 2.05) is 26.8 Å². The third-order valence-electron chi connectivity index (χ3n) is 12.5. The second-order valence-corrected chi connectivity index (χ2v) is 24.8. The van der Waals surface area contributed by atoms with Gasteiger partial charge in [0, 0.05) is 61.9 Å². The number of anilines is 6. The molecule has 10 rings (SSSR count). The van der Waals surface area contributed by atoms with E-state index in [1.54, 1.807) is 224 Å². The van der Waals surface area contributed by atoms with Crippen molar-refractivity contribution in [1.29, 1.82) is 0 Å². The Kier molecular flexibility index (Phi) is 31.0. The Morgan fingerprint density at radius 1 is 0.434 bits per heavy atom. The summed E-state index contributed by atoms with van der Waals surface area (Å²) in [5, 5.41) is 32.7. The lowest BCUT2D eigenvalue weighted by atomic mass is 9.93. The van der Waals surface area contributed by atoms with Crippen molar-refractivity contribution in [3.05, 3.63) is 276 Å². The molecular formula is C76H82BrF4N7O11. The number of aromatic hydroxyl groups is 2. The van der Waals surface area contributed by atoms with Crippen LogP contribution in [0, 0.1) is 23.3 Å². The number of benzene rings is 9. The Morgan fingerprint density at radius 3 is 1.04 bits per heavy atom. The molecule has 10 N–H and O–H groups in total. The minimum atomic E-state index is -0.549. The molecule has 10 aromatic rings. The minimum Gasteiger partial charge on any atom is -0.508 e. The van der Waals surface area contributed by atoms with E-state index in [0.717, 1.165) is 0 Å². The molecule has 0 atom stereocenters. The summed E-state index contributed by atoms with van der Waals surface area (Å²) in [5.74, 6) is 2.26. The van der Waals surface area contributed by atoms with Gasteiger partial charge in [0.1, 0.15) is 88.8 Å². The molecule has 0 aliphatic rings. The smallest absolute Gasteiger partial charge is 0.412 e. The number of carbonyl (C=O) groups is 3. The molecule has 0 saturated carbocycles. The third kappa shape index (κ3) is 31.5. The van der Waals surface area contributed by atoms with Gasteiger partial charge < -0.3 is 55.2 Å². The highest BCUT2D eigenvalue weighted by atomic mass is 79.9. The van der Waals surface area contributed by atoms with Crippen LogP contribution in [0.4, 0.5) is 66.2 Å². The fourth-order valence-corrected chi connectivity index (χ4v) is 8.05. The molecule has 0 fully saturated rings. The summed E-state index contributed by atoms with van der Waals surface area (Å²) in [7, 11) is 0. The predicted octanol–water partition coefficient (Wildman–Crippen LogP) is 19.5. The van der Waals surface area contributed by atoms with Crippen LogP contribution in [0.1, 0.15) is 90.3 Å². The van der Waals surface area contributed by atoms with Gasteiger partial charge in [-0.3, -0.25) is 16.0 Å². The molecule has 1 aromatic heterocycles. The zero-order valence-electron chi connectivity index (χ0n) is 56.3. The van der Waals surface area contributed by atoms with Crippen molar-refractivity contribution < 1.29 is 70.4 Å². The normalized spacial score (nSPS) is 10.6. The first-order valence-corrected chi connectivity index (χ1v) is 31.8. The van der Waals surface area contributed by atoms with Gasteiger partial charge in [0.05, 0.1) is 0 Å². The van der Waals surface area contributed by atoms with E-state index in [-0.39, 0.29) is 60.0 Å². The summed E-state index contributed by atoms with van der Waals surface area (Å²) in [4.78, 5) is 35.1. The number of ether oxygens (including phenoxy) is 5. The van der Waals surface area contributed by atoms with E-state index < -0.39 is 29.4 Å². The van der Waals surface area contributed by atoms with E-state index in [4.69, 9.17) is 49.9 Å². The summed E-state index contributed by atoms with van der Waals surface area (Å²) in [6.45, 7) is 17.2. The zero-order valence-corrected chi connectivity index (χ0v) is 57.8. The second-order valence-electron chi connectivity index (χ2n) is 24.3. The van der Waals surface area contributed by atoms with Gasteiger partial charge in [-0.25, -0.2) is 31.9 Å². The molecule has 0 unspecified atom stereocenters. The average Bonchev–Trinajstić information content (AvgIpc) is 1.84. The van der Waals surface area contributed by atoms with E-state index in [2.05, 4.69) is 42.4 Å². The molecule has 0 aliphatic carbocycles. The van der Waals surface area contributed by atoms with Crippen molar-refractivity contribution in [2.45, 2.75) is 104 Å². The minimum absolute atomic E-state index is 0.127. The molecule has 0 saturated heterocycles. The number of nitrogens with two attached hydrogens (primary N) is 2. The van der Waals surface area contributed by atoms with Crippen LogP contribution in [0.3, 0.4) is 0 Å². The van der Waals surface area contributed by atoms with Crippen molar-refractivity contribution in [3.8, 4) is 28.7 Å². The highest BCUT2D eigenvalue weighted by Crippen LogP contribution is 2.26. The number of aromatic nitrogens is 1. The number of phenolic OH excluding ortho intramolecular Hbond substituents is 2. The topological polar surface area (TPSA) is 264 Å². The molecule has 23 heteroatoms. The molecule has 9 aromatic carbocycles. The van der Waals surface area contributed by atoms with E-state index in [9.17, 15) is 31.9 Å². The fraction of sp³-hybridized carbons (Fsp3) is 0.211. The lowest BCUT2D eigenvalue weighted by Crippen LogP contribution is -2.27. The molecule has 0 aliphatic heterocycles. The van der Waals surface area contributed by atoms with Crippen molar-refractivity contribution in [2.75, 3.05) is 32.7 Å². The fourth-order valence-electron chi connectivity index (χ4n) is 7.60. The van der Waals surface area contributed by atoms with Gasteiger partial charge in [0.2, 0.25) is 0 Å². The van der Waals surface area contributed by atoms with Crippen LogP contribution in [-0.4, -0.2) is 44.8 Å². The number of alkyl halides is 1. The Bertz CT molecular complexity index is 4050. The van der Waals surface area contributed by atoms with Crippen LogP contribution in [-0.2, 0) is 40.0 Å². The van der Waals surface area contributed by atoms with Gasteiger partial charge in [-0.2, -0.15) is 0 Å². The molecule has 4 amide bonds. The molecular weight excluding hydrogens is 1340 g/mol. The Hall–Kier alpha value is -11.2. The second kappa shape index (κ2) is 39.1. The molecule has 18 nitrogen and oxygen atoms in total. The first kappa shape index (κ1) is 78.5. The monoisotopic (exact) mass is 1420 g/mol. The van der Waals surface area contributed by atoms with Crippen LogP contribution < -0.4 is 46.9 Å². The van der Waals surface area contributed by atoms with Gasteiger partial charge in [-0.05, 0) is 193 Å². The van der Waals surface area contributed by atoms with Crippen LogP contribution in [0.25, 0.3) is 0 Å². The Labute approximate surface area is 582 Å². The molecule has 0 bridgehead atoms. The quantitative estimate of drug-likeness (QED) is 0.0218. The van der Waals surface area contributed by atoms with Crippen LogP contribution in [0.15, 0.2) is 229 Å². The number of urea groups is 1. The summed E-state index contributed by atoms with van der Waals surface area (Å²) in [5.41, 5.74) is 14.9. The van der Waals surface area contributed by atoms with Crippen molar-refractivity contribution in [2.24, 2.45) is 0 Å².